The molecule has 0 bridgehead atoms. The van der Waals surface area contributed by atoms with Gasteiger partial charge in [0.1, 0.15) is 10.6 Å². The molecule has 3 atom stereocenters. The van der Waals surface area contributed by atoms with Gasteiger partial charge in [-0.15, -0.1) is 0 Å². The van der Waals surface area contributed by atoms with Gasteiger partial charge in [-0.2, -0.15) is 4.31 Å². The van der Waals surface area contributed by atoms with Gasteiger partial charge in [-0.25, -0.2) is 8.42 Å². The highest BCUT2D eigenvalue weighted by atomic mass is 32.2. The third-order valence-electron chi connectivity index (χ3n) is 6.27. The number of nitrogens with zero attached hydrogens (tertiary/aromatic N) is 2. The molecule has 35 heavy (non-hydrogen) atoms. The van der Waals surface area contributed by atoms with E-state index in [0.717, 1.165) is 12.0 Å². The van der Waals surface area contributed by atoms with Gasteiger partial charge >= 0.3 is 0 Å². The molecule has 0 saturated carbocycles. The van der Waals surface area contributed by atoms with Gasteiger partial charge in [-0.3, -0.25) is 9.78 Å². The average Bonchev–Trinajstić information content (AvgIpc) is 2.87. The van der Waals surface area contributed by atoms with Gasteiger partial charge in [-0.1, -0.05) is 50.2 Å². The number of carbonyl (C=O) groups is 1. The molecule has 3 aromatic rings. The summed E-state index contributed by atoms with van der Waals surface area (Å²) in [7, 11) is -2.41. The number of amides is 1. The van der Waals surface area contributed by atoms with Crippen molar-refractivity contribution in [3.05, 3.63) is 89.7 Å². The maximum atomic E-state index is 13.6. The van der Waals surface area contributed by atoms with Gasteiger partial charge in [-0.05, 0) is 54.2 Å². The van der Waals surface area contributed by atoms with Crippen LogP contribution in [0.15, 0.2) is 77.8 Å². The fraction of sp³-hybridized carbons (Fsp3) is 0.333. The maximum Gasteiger partial charge on any atom is 0.252 e. The van der Waals surface area contributed by atoms with E-state index in [-0.39, 0.29) is 28.0 Å². The monoisotopic (exact) mass is 493 g/mol. The number of hydrogen-bond donors (Lipinski definition) is 1. The van der Waals surface area contributed by atoms with Crippen LogP contribution in [0.2, 0.25) is 0 Å². The first-order chi connectivity index (χ1) is 16.8. The summed E-state index contributed by atoms with van der Waals surface area (Å²) >= 11 is 0. The summed E-state index contributed by atoms with van der Waals surface area (Å²) in [4.78, 5) is 17.8. The lowest BCUT2D eigenvalue weighted by molar-refractivity contribution is 0.0942. The molecule has 0 aliphatic carbocycles. The van der Waals surface area contributed by atoms with Crippen LogP contribution in [0, 0.1) is 11.8 Å². The van der Waals surface area contributed by atoms with Crippen LogP contribution in [-0.2, 0) is 10.0 Å². The van der Waals surface area contributed by atoms with E-state index in [1.807, 2.05) is 48.5 Å². The SMILES string of the molecule is COc1ccc(C(=O)N[C@H](c2ccccc2)c2ccccn2)cc1S(=O)(=O)N1C[C@H](C)C[C@@H](C)C1. The van der Waals surface area contributed by atoms with Crippen LogP contribution in [0.4, 0.5) is 0 Å². The summed E-state index contributed by atoms with van der Waals surface area (Å²) in [6, 6.07) is 19.1. The van der Waals surface area contributed by atoms with E-state index in [1.54, 1.807) is 12.3 Å². The minimum Gasteiger partial charge on any atom is -0.495 e. The highest BCUT2D eigenvalue weighted by molar-refractivity contribution is 7.89. The van der Waals surface area contributed by atoms with Gasteiger partial charge in [0.15, 0.2) is 0 Å². The van der Waals surface area contributed by atoms with Crippen molar-refractivity contribution in [1.82, 2.24) is 14.6 Å². The second-order valence-corrected chi connectivity index (χ2v) is 11.1. The van der Waals surface area contributed by atoms with E-state index in [4.69, 9.17) is 4.74 Å². The van der Waals surface area contributed by atoms with Crippen LogP contribution in [0.3, 0.4) is 0 Å². The van der Waals surface area contributed by atoms with Crippen molar-refractivity contribution in [3.63, 3.8) is 0 Å². The molecule has 0 spiro atoms. The molecule has 1 amide bonds. The zero-order valence-corrected chi connectivity index (χ0v) is 21.0. The van der Waals surface area contributed by atoms with Gasteiger partial charge in [0, 0.05) is 24.8 Å². The average molecular weight is 494 g/mol. The molecule has 184 valence electrons. The number of aromatic nitrogens is 1. The van der Waals surface area contributed by atoms with Crippen molar-refractivity contribution in [2.45, 2.75) is 31.2 Å². The molecule has 4 rings (SSSR count). The standard InChI is InChI=1S/C27H31N3O4S/c1-19-15-20(2)18-30(17-19)35(32,33)25-16-22(12-13-24(25)34-3)27(31)29-26(21-9-5-4-6-10-21)23-11-7-8-14-28-23/h4-14,16,19-20,26H,15,17-18H2,1-3H3,(H,29,31)/t19-,20-,26-/m1/s1. The Morgan fingerprint density at radius 3 is 2.34 bits per heavy atom. The van der Waals surface area contributed by atoms with Crippen molar-refractivity contribution < 1.29 is 17.9 Å². The summed E-state index contributed by atoms with van der Waals surface area (Å²) in [5.41, 5.74) is 1.79. The van der Waals surface area contributed by atoms with E-state index in [0.29, 0.717) is 18.8 Å². The summed E-state index contributed by atoms with van der Waals surface area (Å²) < 4.78 is 34.1. The minimum atomic E-state index is -3.84. The Labute approximate surface area is 207 Å². The topological polar surface area (TPSA) is 88.6 Å². The number of carbonyl (C=O) groups excluding carboxylic acids is 1. The molecule has 1 saturated heterocycles. The van der Waals surface area contributed by atoms with E-state index in [9.17, 15) is 13.2 Å². The molecule has 2 heterocycles. The largest absolute Gasteiger partial charge is 0.495 e. The first-order valence-corrected chi connectivity index (χ1v) is 13.2. The van der Waals surface area contributed by atoms with E-state index >= 15 is 0 Å². The summed E-state index contributed by atoms with van der Waals surface area (Å²) in [5, 5.41) is 3.03. The highest BCUT2D eigenvalue weighted by Gasteiger charge is 2.34. The summed E-state index contributed by atoms with van der Waals surface area (Å²) in [6.45, 7) is 5.01. The van der Waals surface area contributed by atoms with Gasteiger partial charge in [0.2, 0.25) is 10.0 Å². The molecule has 1 N–H and O–H groups in total. The predicted molar refractivity (Wildman–Crippen MR) is 135 cm³/mol. The number of sulfonamides is 1. The molecule has 8 heteroatoms. The van der Waals surface area contributed by atoms with Crippen LogP contribution < -0.4 is 10.1 Å². The van der Waals surface area contributed by atoms with Gasteiger partial charge in [0.05, 0.1) is 18.8 Å². The zero-order valence-electron chi connectivity index (χ0n) is 20.2. The number of methoxy groups -OCH3 is 1. The molecule has 1 aromatic heterocycles. The number of piperidine rings is 1. The van der Waals surface area contributed by atoms with Crippen LogP contribution in [0.1, 0.15) is 47.9 Å². The summed E-state index contributed by atoms with van der Waals surface area (Å²) in [6.07, 6.45) is 2.66. The lowest BCUT2D eigenvalue weighted by atomic mass is 9.94. The second-order valence-electron chi connectivity index (χ2n) is 9.21. The molecule has 1 aliphatic heterocycles. The van der Waals surface area contributed by atoms with Gasteiger partial charge in [0.25, 0.3) is 5.91 Å². The van der Waals surface area contributed by atoms with Crippen LogP contribution in [0.5, 0.6) is 5.75 Å². The smallest absolute Gasteiger partial charge is 0.252 e. The number of rotatable bonds is 7. The van der Waals surface area contributed by atoms with Crippen molar-refractivity contribution in [3.8, 4) is 5.75 Å². The Balaban J connectivity index is 1.67. The Morgan fingerprint density at radius 1 is 1.03 bits per heavy atom. The number of nitrogens with one attached hydrogen (secondary N) is 1. The van der Waals surface area contributed by atoms with Crippen molar-refractivity contribution in [2.75, 3.05) is 20.2 Å². The minimum absolute atomic E-state index is 0.00282. The van der Waals surface area contributed by atoms with E-state index < -0.39 is 22.0 Å². The number of benzene rings is 2. The van der Waals surface area contributed by atoms with Gasteiger partial charge < -0.3 is 10.1 Å². The lowest BCUT2D eigenvalue weighted by Gasteiger charge is -2.34. The van der Waals surface area contributed by atoms with Crippen LogP contribution in [0.25, 0.3) is 0 Å². The molecule has 7 nitrogen and oxygen atoms in total. The Hall–Kier alpha value is -3.23. The Bertz CT molecular complexity index is 1220. The maximum absolute atomic E-state index is 13.6. The first kappa shape index (κ1) is 24.9. The quantitative estimate of drug-likeness (QED) is 0.531. The first-order valence-electron chi connectivity index (χ1n) is 11.7. The Kier molecular flexibility index (Phi) is 7.52. The van der Waals surface area contributed by atoms with Crippen molar-refractivity contribution >= 4 is 15.9 Å². The predicted octanol–water partition coefficient (Wildman–Crippen LogP) is 4.28. The molecular weight excluding hydrogens is 462 g/mol. The van der Waals surface area contributed by atoms with Crippen molar-refractivity contribution in [2.24, 2.45) is 11.8 Å². The number of hydrogen-bond acceptors (Lipinski definition) is 5. The molecule has 1 aliphatic rings. The molecule has 0 unspecified atom stereocenters. The van der Waals surface area contributed by atoms with Crippen LogP contribution in [-0.4, -0.2) is 43.8 Å². The zero-order chi connectivity index (χ0) is 25.0. The molecular formula is C27H31N3O4S. The second kappa shape index (κ2) is 10.6. The normalized spacial score (nSPS) is 19.6. The number of ether oxygens (including phenoxy) is 1. The summed E-state index contributed by atoms with van der Waals surface area (Å²) in [5.74, 6) is 0.341. The molecule has 2 aromatic carbocycles. The molecule has 0 radical (unpaired) electrons. The highest BCUT2D eigenvalue weighted by Crippen LogP contribution is 2.32. The third kappa shape index (κ3) is 5.55. The lowest BCUT2D eigenvalue weighted by Crippen LogP contribution is -2.42. The van der Waals surface area contributed by atoms with E-state index in [1.165, 1.54) is 23.5 Å². The third-order valence-corrected chi connectivity index (χ3v) is 8.12. The van der Waals surface area contributed by atoms with Crippen LogP contribution >= 0.6 is 0 Å². The fourth-order valence-corrected chi connectivity index (χ4v) is 6.56. The molecule has 1 fully saturated rings. The number of pyridine rings is 1. The van der Waals surface area contributed by atoms with Crippen molar-refractivity contribution in [1.29, 1.82) is 0 Å². The van der Waals surface area contributed by atoms with E-state index in [2.05, 4.69) is 24.1 Å². The fourth-order valence-electron chi connectivity index (χ4n) is 4.70. The Morgan fingerprint density at radius 2 is 1.71 bits per heavy atom.